The third-order valence-corrected chi connectivity index (χ3v) is 2.02. The molecule has 92 valence electrons. The lowest BCUT2D eigenvalue weighted by Gasteiger charge is -2.08. The summed E-state index contributed by atoms with van der Waals surface area (Å²) in [5, 5.41) is 9.00. The van der Waals surface area contributed by atoms with Crippen LogP contribution in [0.15, 0.2) is 18.2 Å². The molecule has 0 saturated heterocycles. The van der Waals surface area contributed by atoms with Gasteiger partial charge in [0.15, 0.2) is 0 Å². The maximum absolute atomic E-state index is 11.4. The SMILES string of the molecule is CCOC(=O)c1ccc(OCC)c(C(=O)O)c1. The number of carboxylic acids is 1. The average Bonchev–Trinajstić information content (AvgIpc) is 2.30. The molecule has 1 aromatic rings. The van der Waals surface area contributed by atoms with Crippen molar-refractivity contribution in [2.24, 2.45) is 0 Å². The minimum absolute atomic E-state index is 0.0441. The first kappa shape index (κ1) is 13.0. The van der Waals surface area contributed by atoms with E-state index in [1.54, 1.807) is 13.8 Å². The van der Waals surface area contributed by atoms with E-state index in [9.17, 15) is 9.59 Å². The Kier molecular flexibility index (Phi) is 4.51. The third-order valence-electron chi connectivity index (χ3n) is 2.02. The summed E-state index contributed by atoms with van der Waals surface area (Å²) in [6.45, 7) is 4.04. The van der Waals surface area contributed by atoms with Gasteiger partial charge in [-0.1, -0.05) is 0 Å². The summed E-state index contributed by atoms with van der Waals surface area (Å²) in [7, 11) is 0. The largest absolute Gasteiger partial charge is 0.493 e. The number of carbonyl (C=O) groups excluding carboxylic acids is 1. The number of rotatable bonds is 5. The zero-order valence-electron chi connectivity index (χ0n) is 9.73. The quantitative estimate of drug-likeness (QED) is 0.794. The van der Waals surface area contributed by atoms with Gasteiger partial charge in [0.1, 0.15) is 11.3 Å². The molecular formula is C12H14O5. The van der Waals surface area contributed by atoms with Crippen LogP contribution in [-0.4, -0.2) is 30.3 Å². The lowest BCUT2D eigenvalue weighted by Crippen LogP contribution is -2.08. The number of aromatic carboxylic acids is 1. The van der Waals surface area contributed by atoms with Crippen LogP contribution in [-0.2, 0) is 4.74 Å². The molecule has 0 aromatic heterocycles. The molecule has 0 bridgehead atoms. The topological polar surface area (TPSA) is 72.8 Å². The van der Waals surface area contributed by atoms with E-state index in [4.69, 9.17) is 14.6 Å². The number of ether oxygens (including phenoxy) is 2. The van der Waals surface area contributed by atoms with E-state index in [-0.39, 0.29) is 23.5 Å². The van der Waals surface area contributed by atoms with Gasteiger partial charge in [-0.25, -0.2) is 9.59 Å². The molecule has 17 heavy (non-hydrogen) atoms. The summed E-state index contributed by atoms with van der Waals surface area (Å²) in [6, 6.07) is 4.19. The van der Waals surface area contributed by atoms with Crippen molar-refractivity contribution in [1.29, 1.82) is 0 Å². The van der Waals surface area contributed by atoms with E-state index in [0.29, 0.717) is 6.61 Å². The molecule has 0 unspecified atom stereocenters. The van der Waals surface area contributed by atoms with E-state index < -0.39 is 11.9 Å². The molecule has 0 spiro atoms. The van der Waals surface area contributed by atoms with Gasteiger partial charge in [-0.05, 0) is 32.0 Å². The average molecular weight is 238 g/mol. The van der Waals surface area contributed by atoms with Gasteiger partial charge in [-0.2, -0.15) is 0 Å². The molecular weight excluding hydrogens is 224 g/mol. The summed E-state index contributed by atoms with van der Waals surface area (Å²) < 4.78 is 9.95. The Hall–Kier alpha value is -2.04. The van der Waals surface area contributed by atoms with Gasteiger partial charge in [0.2, 0.25) is 0 Å². The Bertz CT molecular complexity index is 425. The van der Waals surface area contributed by atoms with Crippen LogP contribution >= 0.6 is 0 Å². The Morgan fingerprint density at radius 1 is 1.24 bits per heavy atom. The number of carbonyl (C=O) groups is 2. The molecule has 0 saturated carbocycles. The number of benzene rings is 1. The first-order valence-electron chi connectivity index (χ1n) is 5.27. The van der Waals surface area contributed by atoms with Crippen LogP contribution in [0.2, 0.25) is 0 Å². The van der Waals surface area contributed by atoms with Crippen LogP contribution in [0.3, 0.4) is 0 Å². The summed E-state index contributed by atoms with van der Waals surface area (Å²) in [4.78, 5) is 22.4. The summed E-state index contributed by atoms with van der Waals surface area (Å²) in [6.07, 6.45) is 0. The number of esters is 1. The molecule has 0 aliphatic carbocycles. The van der Waals surface area contributed by atoms with Crippen LogP contribution < -0.4 is 4.74 Å². The van der Waals surface area contributed by atoms with Crippen LogP contribution in [0.1, 0.15) is 34.6 Å². The number of hydrogen-bond donors (Lipinski definition) is 1. The lowest BCUT2D eigenvalue weighted by molar-refractivity contribution is 0.0526. The molecule has 0 aliphatic rings. The van der Waals surface area contributed by atoms with E-state index >= 15 is 0 Å². The highest BCUT2D eigenvalue weighted by Crippen LogP contribution is 2.20. The van der Waals surface area contributed by atoms with Crippen molar-refractivity contribution in [2.45, 2.75) is 13.8 Å². The summed E-state index contributed by atoms with van der Waals surface area (Å²) >= 11 is 0. The fraction of sp³-hybridized carbons (Fsp3) is 0.333. The Balaban J connectivity index is 3.09. The molecule has 0 amide bonds. The van der Waals surface area contributed by atoms with Gasteiger partial charge >= 0.3 is 11.9 Å². The van der Waals surface area contributed by atoms with Gasteiger partial charge in [0.05, 0.1) is 18.8 Å². The molecule has 0 atom stereocenters. The second kappa shape index (κ2) is 5.89. The molecule has 0 aliphatic heterocycles. The van der Waals surface area contributed by atoms with E-state index in [0.717, 1.165) is 0 Å². The standard InChI is InChI=1S/C12H14O5/c1-3-16-10-6-5-8(12(15)17-4-2)7-9(10)11(13)14/h5-7H,3-4H2,1-2H3,(H,13,14). The zero-order chi connectivity index (χ0) is 12.8. The number of hydrogen-bond acceptors (Lipinski definition) is 4. The monoisotopic (exact) mass is 238 g/mol. The highest BCUT2D eigenvalue weighted by molar-refractivity contribution is 5.96. The fourth-order valence-corrected chi connectivity index (χ4v) is 1.32. The molecule has 5 nitrogen and oxygen atoms in total. The lowest BCUT2D eigenvalue weighted by atomic mass is 10.1. The molecule has 0 fully saturated rings. The van der Waals surface area contributed by atoms with Crippen LogP contribution in [0.5, 0.6) is 5.75 Å². The third kappa shape index (κ3) is 3.21. The van der Waals surface area contributed by atoms with Crippen molar-refractivity contribution in [2.75, 3.05) is 13.2 Å². The van der Waals surface area contributed by atoms with Crippen LogP contribution in [0, 0.1) is 0 Å². The fourth-order valence-electron chi connectivity index (χ4n) is 1.32. The zero-order valence-corrected chi connectivity index (χ0v) is 9.73. The van der Waals surface area contributed by atoms with E-state index in [1.807, 2.05) is 0 Å². The number of carboxylic acid groups (broad SMARTS) is 1. The molecule has 1 rings (SSSR count). The molecule has 1 aromatic carbocycles. The van der Waals surface area contributed by atoms with Crippen LogP contribution in [0.25, 0.3) is 0 Å². The second-order valence-electron chi connectivity index (χ2n) is 3.17. The van der Waals surface area contributed by atoms with Crippen molar-refractivity contribution >= 4 is 11.9 Å². The molecule has 5 heteroatoms. The Morgan fingerprint density at radius 3 is 2.47 bits per heavy atom. The maximum Gasteiger partial charge on any atom is 0.339 e. The predicted molar refractivity (Wildman–Crippen MR) is 60.5 cm³/mol. The van der Waals surface area contributed by atoms with Crippen molar-refractivity contribution in [3.63, 3.8) is 0 Å². The predicted octanol–water partition coefficient (Wildman–Crippen LogP) is 1.96. The Labute approximate surface area is 99.0 Å². The van der Waals surface area contributed by atoms with Crippen molar-refractivity contribution in [1.82, 2.24) is 0 Å². The highest BCUT2D eigenvalue weighted by Gasteiger charge is 2.15. The maximum atomic E-state index is 11.4. The minimum atomic E-state index is -1.14. The molecule has 1 N–H and O–H groups in total. The van der Waals surface area contributed by atoms with Gasteiger partial charge in [-0.3, -0.25) is 0 Å². The van der Waals surface area contributed by atoms with Gasteiger partial charge in [-0.15, -0.1) is 0 Å². The van der Waals surface area contributed by atoms with Gasteiger partial charge in [0.25, 0.3) is 0 Å². The first-order chi connectivity index (χ1) is 8.10. The van der Waals surface area contributed by atoms with Crippen molar-refractivity contribution in [3.8, 4) is 5.75 Å². The van der Waals surface area contributed by atoms with Crippen molar-refractivity contribution < 1.29 is 24.2 Å². The summed E-state index contributed by atoms with van der Waals surface area (Å²) in [5.41, 5.74) is 0.158. The minimum Gasteiger partial charge on any atom is -0.493 e. The normalized spacial score (nSPS) is 9.76. The van der Waals surface area contributed by atoms with Gasteiger partial charge in [0, 0.05) is 0 Å². The van der Waals surface area contributed by atoms with Crippen molar-refractivity contribution in [3.05, 3.63) is 29.3 Å². The molecule has 0 radical (unpaired) electrons. The van der Waals surface area contributed by atoms with E-state index in [1.165, 1.54) is 18.2 Å². The van der Waals surface area contributed by atoms with E-state index in [2.05, 4.69) is 0 Å². The van der Waals surface area contributed by atoms with Gasteiger partial charge < -0.3 is 14.6 Å². The summed E-state index contributed by atoms with van der Waals surface area (Å²) in [5.74, 6) is -1.44. The van der Waals surface area contributed by atoms with Crippen LogP contribution in [0.4, 0.5) is 0 Å². The molecule has 0 heterocycles. The first-order valence-corrected chi connectivity index (χ1v) is 5.27. The second-order valence-corrected chi connectivity index (χ2v) is 3.17. The Morgan fingerprint density at radius 2 is 1.94 bits per heavy atom. The smallest absolute Gasteiger partial charge is 0.339 e. The highest BCUT2D eigenvalue weighted by atomic mass is 16.5.